The number of carbonyl (C=O) groups excluding carboxylic acids is 4. The smallest absolute Gasteiger partial charge is 0.343 e. The van der Waals surface area contributed by atoms with Crippen LogP contribution in [0.5, 0.6) is 11.5 Å². The first-order valence-electron chi connectivity index (χ1n) is 16.2. The van der Waals surface area contributed by atoms with Gasteiger partial charge in [-0.3, -0.25) is 14.4 Å². The van der Waals surface area contributed by atoms with Gasteiger partial charge in [-0.25, -0.2) is 4.79 Å². The van der Waals surface area contributed by atoms with Crippen molar-refractivity contribution in [3.05, 3.63) is 124 Å². The van der Waals surface area contributed by atoms with Crippen LogP contribution in [0.1, 0.15) is 77.8 Å². The third kappa shape index (κ3) is 11.4. The van der Waals surface area contributed by atoms with Crippen molar-refractivity contribution in [2.45, 2.75) is 64.8 Å². The van der Waals surface area contributed by atoms with Crippen molar-refractivity contribution in [3.63, 3.8) is 0 Å². The Labute approximate surface area is 286 Å². The average molecular weight is 669 g/mol. The zero-order valence-electron chi connectivity index (χ0n) is 27.3. The second-order valence-electron chi connectivity index (χ2n) is 11.6. The van der Waals surface area contributed by atoms with Gasteiger partial charge in [-0.15, -0.1) is 0 Å². The van der Waals surface area contributed by atoms with Crippen molar-refractivity contribution in [1.82, 2.24) is 5.32 Å². The van der Waals surface area contributed by atoms with Crippen LogP contribution in [-0.2, 0) is 22.4 Å². The van der Waals surface area contributed by atoms with E-state index in [1.54, 1.807) is 91.0 Å². The maximum Gasteiger partial charge on any atom is 0.343 e. The first-order valence-corrected chi connectivity index (χ1v) is 16.6. The monoisotopic (exact) mass is 668 g/mol. The molecule has 0 aliphatic rings. The van der Waals surface area contributed by atoms with Gasteiger partial charge in [0.2, 0.25) is 5.91 Å². The Morgan fingerprint density at radius 2 is 1.40 bits per heavy atom. The predicted molar refractivity (Wildman–Crippen MR) is 188 cm³/mol. The Morgan fingerprint density at radius 3 is 2.06 bits per heavy atom. The van der Waals surface area contributed by atoms with Crippen LogP contribution in [-0.4, -0.2) is 36.2 Å². The molecule has 250 valence electrons. The van der Waals surface area contributed by atoms with Crippen molar-refractivity contribution < 1.29 is 28.7 Å². The molecule has 4 aromatic carbocycles. The molecule has 4 aromatic rings. The molecule has 2 N–H and O–H groups in total. The number of hydrogen-bond donors (Lipinski definition) is 2. The Kier molecular flexibility index (Phi) is 13.8. The number of esters is 1. The number of ether oxygens (including phenoxy) is 2. The average Bonchev–Trinajstić information content (AvgIpc) is 3.08. The second kappa shape index (κ2) is 18.4. The number of amides is 2. The third-order valence-corrected chi connectivity index (χ3v) is 8.08. The number of unbranched alkanes of at least 4 members (excludes halogenated alkanes) is 4. The number of ketones is 1. The highest BCUT2D eigenvalue weighted by atomic mass is 35.5. The molecule has 8 nitrogen and oxygen atoms in total. The first kappa shape index (κ1) is 35.9. The summed E-state index contributed by atoms with van der Waals surface area (Å²) < 4.78 is 11.3. The van der Waals surface area contributed by atoms with Crippen molar-refractivity contribution in [2.24, 2.45) is 0 Å². The lowest BCUT2D eigenvalue weighted by molar-refractivity contribution is -0.119. The quantitative estimate of drug-likeness (QED) is 0.0670. The van der Waals surface area contributed by atoms with Gasteiger partial charge in [0.25, 0.3) is 5.91 Å². The Bertz CT molecular complexity index is 1670. The van der Waals surface area contributed by atoms with E-state index in [1.165, 1.54) is 26.2 Å². The summed E-state index contributed by atoms with van der Waals surface area (Å²) in [5, 5.41) is 6.11. The second-order valence-corrected chi connectivity index (χ2v) is 12.0. The van der Waals surface area contributed by atoms with Gasteiger partial charge in [-0.05, 0) is 97.6 Å². The molecule has 0 saturated heterocycles. The Morgan fingerprint density at radius 1 is 0.750 bits per heavy atom. The molecule has 2 amide bonds. The molecule has 9 heteroatoms. The summed E-state index contributed by atoms with van der Waals surface area (Å²) in [5.41, 5.74) is 2.77. The molecule has 0 radical (unpaired) electrons. The molecule has 0 aliphatic heterocycles. The lowest BCUT2D eigenvalue weighted by atomic mass is 10.0. The van der Waals surface area contributed by atoms with Crippen LogP contribution in [0.2, 0.25) is 5.02 Å². The van der Waals surface area contributed by atoms with E-state index in [4.69, 9.17) is 21.1 Å². The van der Waals surface area contributed by atoms with Gasteiger partial charge in [0.05, 0.1) is 24.6 Å². The minimum atomic E-state index is -0.766. The first-order chi connectivity index (χ1) is 23.2. The summed E-state index contributed by atoms with van der Waals surface area (Å²) in [4.78, 5) is 50.5. The number of anilines is 1. The zero-order chi connectivity index (χ0) is 34.3. The standard InChI is InChI=1S/C39H41ClN2O6/c1-3-4-5-6-9-24-47-33-22-16-30(17-23-33)39(46)48-34-20-12-28(13-21-34)25-36(27(2)43)42-38(45)29-14-18-32(19-15-29)41-37(44)26-31-10-7-8-11-35(31)40/h7-8,10-23,36H,3-6,9,24-26H2,1-2H3,(H,41,44)(H,42,45)/t36-/m0/s1. The molecule has 48 heavy (non-hydrogen) atoms. The zero-order valence-corrected chi connectivity index (χ0v) is 28.1. The Hall–Kier alpha value is -4.95. The van der Waals surface area contributed by atoms with E-state index in [0.717, 1.165) is 18.4 Å². The van der Waals surface area contributed by atoms with Crippen LogP contribution in [0.4, 0.5) is 5.69 Å². The summed E-state index contributed by atoms with van der Waals surface area (Å²) in [6.45, 7) is 4.25. The lowest BCUT2D eigenvalue weighted by Crippen LogP contribution is -2.41. The SMILES string of the molecule is CCCCCCCOc1ccc(C(=O)Oc2ccc(C[C@H](NC(=O)c3ccc(NC(=O)Cc4ccccc4Cl)cc3)C(C)=O)cc2)cc1. The Balaban J connectivity index is 1.25. The summed E-state index contributed by atoms with van der Waals surface area (Å²) in [5.74, 6) is -0.276. The maximum absolute atomic E-state index is 13.0. The van der Waals surface area contributed by atoms with Crippen LogP contribution >= 0.6 is 11.6 Å². The van der Waals surface area contributed by atoms with Gasteiger partial charge in [0, 0.05) is 16.3 Å². The number of hydrogen-bond acceptors (Lipinski definition) is 6. The molecule has 4 rings (SSSR count). The topological polar surface area (TPSA) is 111 Å². The summed E-state index contributed by atoms with van der Waals surface area (Å²) in [7, 11) is 0. The molecule has 1 atom stereocenters. The number of Topliss-reactive ketones (excluding diaryl/α,β-unsaturated/α-hetero) is 1. The van der Waals surface area contributed by atoms with Crippen LogP contribution in [0, 0.1) is 0 Å². The van der Waals surface area contributed by atoms with Crippen molar-refractivity contribution >= 4 is 40.9 Å². The molecule has 0 aliphatic carbocycles. The molecule has 0 heterocycles. The van der Waals surface area contributed by atoms with Gasteiger partial charge in [-0.2, -0.15) is 0 Å². The van der Waals surface area contributed by atoms with E-state index in [0.29, 0.717) is 45.5 Å². The van der Waals surface area contributed by atoms with Crippen LogP contribution < -0.4 is 20.1 Å². The van der Waals surface area contributed by atoms with Crippen LogP contribution in [0.3, 0.4) is 0 Å². The van der Waals surface area contributed by atoms with Gasteiger partial charge < -0.3 is 20.1 Å². The minimum Gasteiger partial charge on any atom is -0.494 e. The van der Waals surface area contributed by atoms with E-state index in [1.807, 2.05) is 6.07 Å². The summed E-state index contributed by atoms with van der Waals surface area (Å²) >= 11 is 6.14. The van der Waals surface area contributed by atoms with Gasteiger partial charge in [0.1, 0.15) is 11.5 Å². The van der Waals surface area contributed by atoms with E-state index in [2.05, 4.69) is 17.6 Å². The van der Waals surface area contributed by atoms with Crippen LogP contribution in [0.25, 0.3) is 0 Å². The number of benzene rings is 4. The number of nitrogens with one attached hydrogen (secondary N) is 2. The van der Waals surface area contributed by atoms with Crippen molar-refractivity contribution in [2.75, 3.05) is 11.9 Å². The molecule has 0 aromatic heterocycles. The van der Waals surface area contributed by atoms with E-state index < -0.39 is 17.9 Å². The van der Waals surface area contributed by atoms with Crippen molar-refractivity contribution in [1.29, 1.82) is 0 Å². The normalized spacial score (nSPS) is 11.3. The molecule has 0 spiro atoms. The molecular weight excluding hydrogens is 628 g/mol. The van der Waals surface area contributed by atoms with E-state index >= 15 is 0 Å². The van der Waals surface area contributed by atoms with E-state index in [-0.39, 0.29) is 24.5 Å². The van der Waals surface area contributed by atoms with Gasteiger partial charge in [-0.1, -0.05) is 74.5 Å². The van der Waals surface area contributed by atoms with Crippen molar-refractivity contribution in [3.8, 4) is 11.5 Å². The number of halogens is 1. The molecule has 0 bridgehead atoms. The largest absolute Gasteiger partial charge is 0.494 e. The predicted octanol–water partition coefficient (Wildman–Crippen LogP) is 8.02. The molecule has 0 unspecified atom stereocenters. The molecule has 0 saturated carbocycles. The third-order valence-electron chi connectivity index (χ3n) is 7.72. The van der Waals surface area contributed by atoms with Crippen LogP contribution in [0.15, 0.2) is 97.1 Å². The number of rotatable bonds is 17. The summed E-state index contributed by atoms with van der Waals surface area (Å²) in [6.07, 6.45) is 6.18. The fraction of sp³-hybridized carbons (Fsp3) is 0.282. The molecular formula is C39H41ClN2O6. The fourth-order valence-electron chi connectivity index (χ4n) is 4.94. The van der Waals surface area contributed by atoms with Gasteiger partial charge in [0.15, 0.2) is 5.78 Å². The number of carbonyl (C=O) groups is 4. The highest BCUT2D eigenvalue weighted by Gasteiger charge is 2.19. The minimum absolute atomic E-state index is 0.120. The van der Waals surface area contributed by atoms with E-state index in [9.17, 15) is 19.2 Å². The highest BCUT2D eigenvalue weighted by molar-refractivity contribution is 6.31. The van der Waals surface area contributed by atoms with Gasteiger partial charge >= 0.3 is 5.97 Å². The fourth-order valence-corrected chi connectivity index (χ4v) is 5.14. The summed E-state index contributed by atoms with van der Waals surface area (Å²) in [6, 6.07) is 26.5. The lowest BCUT2D eigenvalue weighted by Gasteiger charge is -2.17. The highest BCUT2D eigenvalue weighted by Crippen LogP contribution is 2.19. The maximum atomic E-state index is 13.0. The molecule has 0 fully saturated rings.